The predicted molar refractivity (Wildman–Crippen MR) is 143 cm³/mol. The molecule has 1 saturated heterocycles. The van der Waals surface area contributed by atoms with Crippen LogP contribution < -0.4 is 10.1 Å². The van der Waals surface area contributed by atoms with Crippen molar-refractivity contribution in [2.75, 3.05) is 20.2 Å². The van der Waals surface area contributed by atoms with Gasteiger partial charge in [0, 0.05) is 12.5 Å². The number of carbonyl (C=O) groups excluding carboxylic acids is 1. The molecule has 0 radical (unpaired) electrons. The Labute approximate surface area is 212 Å². The number of rotatable bonds is 8. The average Bonchev–Trinajstić information content (AvgIpc) is 3.26. The van der Waals surface area contributed by atoms with Crippen molar-refractivity contribution in [1.82, 2.24) is 19.8 Å². The third-order valence-corrected chi connectivity index (χ3v) is 7.22. The number of methoxy groups -OCH3 is 1. The lowest BCUT2D eigenvalue weighted by molar-refractivity contribution is -0.127. The lowest BCUT2D eigenvalue weighted by Crippen LogP contribution is -2.41. The average molecular weight is 483 g/mol. The van der Waals surface area contributed by atoms with Crippen LogP contribution in [0.15, 0.2) is 78.9 Å². The minimum absolute atomic E-state index is 0.0228. The minimum Gasteiger partial charge on any atom is -0.497 e. The number of likely N-dealkylation sites (tertiary alicyclic amines) is 1. The van der Waals surface area contributed by atoms with Crippen molar-refractivity contribution in [2.24, 2.45) is 5.92 Å². The van der Waals surface area contributed by atoms with E-state index in [1.807, 2.05) is 36.4 Å². The van der Waals surface area contributed by atoms with Crippen molar-refractivity contribution < 1.29 is 9.53 Å². The Morgan fingerprint density at radius 1 is 0.972 bits per heavy atom. The molecular weight excluding hydrogens is 448 g/mol. The second-order valence-corrected chi connectivity index (χ2v) is 9.64. The molecule has 6 nitrogen and oxygen atoms in total. The van der Waals surface area contributed by atoms with Crippen LogP contribution in [0.1, 0.15) is 42.8 Å². The summed E-state index contributed by atoms with van der Waals surface area (Å²) in [6, 6.07) is 26.7. The molecule has 5 rings (SSSR count). The number of ether oxygens (including phenoxy) is 1. The molecule has 1 N–H and O–H groups in total. The molecule has 1 fully saturated rings. The maximum atomic E-state index is 12.9. The number of imidazole rings is 1. The number of para-hydroxylation sites is 2. The van der Waals surface area contributed by atoms with E-state index in [4.69, 9.17) is 9.72 Å². The van der Waals surface area contributed by atoms with Gasteiger partial charge in [0.1, 0.15) is 11.6 Å². The summed E-state index contributed by atoms with van der Waals surface area (Å²) in [5.41, 5.74) is 4.51. The maximum Gasteiger partial charge on any atom is 0.223 e. The summed E-state index contributed by atoms with van der Waals surface area (Å²) in [7, 11) is 1.69. The van der Waals surface area contributed by atoms with Crippen molar-refractivity contribution in [2.45, 2.75) is 38.9 Å². The summed E-state index contributed by atoms with van der Waals surface area (Å²) in [6.45, 7) is 5.37. The van der Waals surface area contributed by atoms with E-state index < -0.39 is 0 Å². The van der Waals surface area contributed by atoms with Gasteiger partial charge in [-0.1, -0.05) is 54.6 Å². The van der Waals surface area contributed by atoms with E-state index in [1.165, 1.54) is 5.56 Å². The van der Waals surface area contributed by atoms with Crippen LogP contribution in [0.5, 0.6) is 5.75 Å². The highest BCUT2D eigenvalue weighted by Gasteiger charge is 2.27. The molecule has 2 heterocycles. The Bertz CT molecular complexity index is 1290. The Morgan fingerprint density at radius 3 is 2.39 bits per heavy atom. The molecule has 6 heteroatoms. The van der Waals surface area contributed by atoms with Crippen LogP contribution in [0.3, 0.4) is 0 Å². The first-order valence-corrected chi connectivity index (χ1v) is 12.8. The fourth-order valence-electron chi connectivity index (χ4n) is 5.05. The summed E-state index contributed by atoms with van der Waals surface area (Å²) in [5, 5.41) is 3.21. The quantitative estimate of drug-likeness (QED) is 0.376. The van der Waals surface area contributed by atoms with Crippen LogP contribution in [0, 0.1) is 5.92 Å². The van der Waals surface area contributed by atoms with Crippen LogP contribution in [-0.4, -0.2) is 40.6 Å². The molecular formula is C30H34N4O2. The van der Waals surface area contributed by atoms with Gasteiger partial charge in [-0.2, -0.15) is 0 Å². The van der Waals surface area contributed by atoms with Crippen molar-refractivity contribution in [3.63, 3.8) is 0 Å². The van der Waals surface area contributed by atoms with Crippen molar-refractivity contribution in [1.29, 1.82) is 0 Å². The molecule has 4 aromatic rings. The lowest BCUT2D eigenvalue weighted by atomic mass is 9.95. The molecule has 3 aromatic carbocycles. The minimum atomic E-state index is 0.0228. The van der Waals surface area contributed by atoms with E-state index >= 15 is 0 Å². The Balaban J connectivity index is 1.23. The first kappa shape index (κ1) is 24.1. The van der Waals surface area contributed by atoms with Gasteiger partial charge in [0.15, 0.2) is 0 Å². The summed E-state index contributed by atoms with van der Waals surface area (Å²) in [5.74, 6) is 2.15. The van der Waals surface area contributed by atoms with E-state index in [0.717, 1.165) is 67.2 Å². The molecule has 186 valence electrons. The second-order valence-electron chi connectivity index (χ2n) is 9.64. The smallest absolute Gasteiger partial charge is 0.223 e. The molecule has 1 aromatic heterocycles. The number of piperidine rings is 1. The van der Waals surface area contributed by atoms with Gasteiger partial charge in [-0.25, -0.2) is 4.98 Å². The molecule has 0 unspecified atom stereocenters. The number of benzene rings is 3. The van der Waals surface area contributed by atoms with Crippen LogP contribution in [0.2, 0.25) is 0 Å². The van der Waals surface area contributed by atoms with Gasteiger partial charge in [-0.05, 0) is 68.2 Å². The van der Waals surface area contributed by atoms with Crippen LogP contribution >= 0.6 is 0 Å². The lowest BCUT2D eigenvalue weighted by Gasteiger charge is -2.31. The van der Waals surface area contributed by atoms with Crippen molar-refractivity contribution in [3.05, 3.63) is 95.8 Å². The molecule has 0 aliphatic carbocycles. The highest BCUT2D eigenvalue weighted by atomic mass is 16.5. The number of hydrogen-bond acceptors (Lipinski definition) is 4. The fourth-order valence-corrected chi connectivity index (χ4v) is 5.05. The van der Waals surface area contributed by atoms with E-state index in [9.17, 15) is 4.79 Å². The topological polar surface area (TPSA) is 59.4 Å². The monoisotopic (exact) mass is 482 g/mol. The zero-order valence-electron chi connectivity index (χ0n) is 21.1. The number of hydrogen-bond donors (Lipinski definition) is 1. The van der Waals surface area contributed by atoms with Gasteiger partial charge >= 0.3 is 0 Å². The summed E-state index contributed by atoms with van der Waals surface area (Å²) in [6.07, 6.45) is 1.73. The number of fused-ring (bicyclic) bond motifs is 1. The molecule has 1 atom stereocenters. The Morgan fingerprint density at radius 2 is 1.67 bits per heavy atom. The van der Waals surface area contributed by atoms with Crippen molar-refractivity contribution >= 4 is 16.9 Å². The molecule has 1 aliphatic rings. The van der Waals surface area contributed by atoms with Gasteiger partial charge in [0.05, 0.1) is 30.7 Å². The number of carbonyl (C=O) groups is 1. The predicted octanol–water partition coefficient (Wildman–Crippen LogP) is 5.18. The zero-order valence-corrected chi connectivity index (χ0v) is 21.1. The van der Waals surface area contributed by atoms with Crippen LogP contribution in [0.4, 0.5) is 0 Å². The normalized spacial score (nSPS) is 15.6. The van der Waals surface area contributed by atoms with Gasteiger partial charge < -0.3 is 14.6 Å². The second kappa shape index (κ2) is 11.0. The molecule has 0 bridgehead atoms. The summed E-state index contributed by atoms with van der Waals surface area (Å²) in [4.78, 5) is 20.3. The van der Waals surface area contributed by atoms with Crippen LogP contribution in [-0.2, 0) is 17.9 Å². The molecule has 0 saturated carbocycles. The van der Waals surface area contributed by atoms with Gasteiger partial charge in [-0.3, -0.25) is 9.69 Å². The number of nitrogens with one attached hydrogen (secondary N) is 1. The SMILES string of the molecule is COc1ccc(Cn2c(CN3CCC(C(=O)N[C@@H](C)c4ccccc4)CC3)nc3ccccc32)cc1. The standard InChI is InChI=1S/C30H34N4O2/c1-22(24-8-4-3-5-9-24)31-30(35)25-16-18-33(19-17-25)21-29-32-27-10-6-7-11-28(27)34(29)20-23-12-14-26(36-2)15-13-23/h3-15,22,25H,16-21H2,1-2H3,(H,31,35)/t22-/m0/s1. The number of amides is 1. The first-order chi connectivity index (χ1) is 17.6. The van der Waals surface area contributed by atoms with E-state index in [1.54, 1.807) is 7.11 Å². The molecule has 36 heavy (non-hydrogen) atoms. The molecule has 1 amide bonds. The molecule has 1 aliphatic heterocycles. The van der Waals surface area contributed by atoms with E-state index in [2.05, 4.69) is 64.2 Å². The van der Waals surface area contributed by atoms with E-state index in [0.29, 0.717) is 0 Å². The summed E-state index contributed by atoms with van der Waals surface area (Å²) >= 11 is 0. The highest BCUT2D eigenvalue weighted by molar-refractivity contribution is 5.79. The third kappa shape index (κ3) is 5.44. The van der Waals surface area contributed by atoms with Crippen molar-refractivity contribution in [3.8, 4) is 5.75 Å². The summed E-state index contributed by atoms with van der Waals surface area (Å²) < 4.78 is 7.63. The van der Waals surface area contributed by atoms with Gasteiger partial charge in [-0.15, -0.1) is 0 Å². The number of nitrogens with zero attached hydrogens (tertiary/aromatic N) is 3. The Kier molecular flexibility index (Phi) is 7.33. The third-order valence-electron chi connectivity index (χ3n) is 7.22. The van der Waals surface area contributed by atoms with Gasteiger partial charge in [0.2, 0.25) is 5.91 Å². The zero-order chi connectivity index (χ0) is 24.9. The maximum absolute atomic E-state index is 12.9. The fraction of sp³-hybridized carbons (Fsp3) is 0.333. The first-order valence-electron chi connectivity index (χ1n) is 12.8. The number of aromatic nitrogens is 2. The molecule has 0 spiro atoms. The van der Waals surface area contributed by atoms with Crippen LogP contribution in [0.25, 0.3) is 11.0 Å². The largest absolute Gasteiger partial charge is 0.497 e. The van der Waals surface area contributed by atoms with Gasteiger partial charge in [0.25, 0.3) is 0 Å². The highest BCUT2D eigenvalue weighted by Crippen LogP contribution is 2.24. The van der Waals surface area contributed by atoms with E-state index in [-0.39, 0.29) is 17.9 Å². The Hall–Kier alpha value is -3.64.